The summed E-state index contributed by atoms with van der Waals surface area (Å²) in [6.45, 7) is 0. The monoisotopic (exact) mass is 200 g/mol. The van der Waals surface area contributed by atoms with Crippen LogP contribution >= 0.6 is 0 Å². The Morgan fingerprint density at radius 1 is 1.57 bits per heavy atom. The van der Waals surface area contributed by atoms with Gasteiger partial charge in [0.05, 0.1) is 16.6 Å². The van der Waals surface area contributed by atoms with Crippen molar-refractivity contribution in [3.8, 4) is 0 Å². The number of aromatic carboxylic acids is 1. The predicted octanol–water partition coefficient (Wildman–Crippen LogP) is 1.01. The number of carboxylic acids is 1. The largest absolute Gasteiger partial charge is 0.478 e. The van der Waals surface area contributed by atoms with Crippen molar-refractivity contribution in [1.29, 1.82) is 0 Å². The Labute approximate surface area is 76.9 Å². The van der Waals surface area contributed by atoms with Gasteiger partial charge in [-0.1, -0.05) is 0 Å². The quantitative estimate of drug-likeness (QED) is 0.421. The van der Waals surface area contributed by atoms with E-state index in [1.165, 1.54) is 0 Å². The first-order chi connectivity index (χ1) is 6.43. The molecule has 0 bridgehead atoms. The summed E-state index contributed by atoms with van der Waals surface area (Å²) in [5, 5.41) is 18.7. The summed E-state index contributed by atoms with van der Waals surface area (Å²) >= 11 is 0. The van der Waals surface area contributed by atoms with E-state index < -0.39 is 28.0 Å². The molecule has 0 aliphatic rings. The van der Waals surface area contributed by atoms with E-state index in [1.807, 2.05) is 0 Å². The number of hydrogen-bond acceptors (Lipinski definition) is 4. The zero-order valence-corrected chi connectivity index (χ0v) is 6.73. The third-order valence-corrected chi connectivity index (χ3v) is 1.54. The molecule has 0 aliphatic carbocycles. The third-order valence-electron chi connectivity index (χ3n) is 1.54. The molecule has 0 saturated heterocycles. The van der Waals surface area contributed by atoms with Crippen LogP contribution in [0, 0.1) is 15.9 Å². The summed E-state index contributed by atoms with van der Waals surface area (Å²) in [6.07, 6.45) is 0. The molecule has 0 heterocycles. The molecule has 0 unspecified atom stereocenters. The van der Waals surface area contributed by atoms with Crippen molar-refractivity contribution >= 4 is 17.3 Å². The number of benzene rings is 1. The van der Waals surface area contributed by atoms with E-state index in [4.69, 9.17) is 10.8 Å². The molecule has 0 spiro atoms. The number of rotatable bonds is 2. The Morgan fingerprint density at radius 3 is 2.57 bits per heavy atom. The topological polar surface area (TPSA) is 106 Å². The van der Waals surface area contributed by atoms with E-state index >= 15 is 0 Å². The molecular formula is C7H5FN2O4. The Bertz CT molecular complexity index is 379. The Kier molecular flexibility index (Phi) is 2.32. The van der Waals surface area contributed by atoms with Crippen molar-refractivity contribution in [3.63, 3.8) is 0 Å². The Morgan fingerprint density at radius 2 is 2.14 bits per heavy atom. The minimum atomic E-state index is -1.52. The van der Waals surface area contributed by atoms with E-state index in [1.54, 1.807) is 0 Å². The van der Waals surface area contributed by atoms with Crippen molar-refractivity contribution in [2.24, 2.45) is 0 Å². The molecule has 0 amide bonds. The highest BCUT2D eigenvalue weighted by Gasteiger charge is 2.19. The number of anilines is 1. The summed E-state index contributed by atoms with van der Waals surface area (Å²) < 4.78 is 12.9. The van der Waals surface area contributed by atoms with Crippen molar-refractivity contribution in [2.75, 3.05) is 5.73 Å². The zero-order valence-electron chi connectivity index (χ0n) is 6.73. The number of hydrogen-bond donors (Lipinski definition) is 2. The van der Waals surface area contributed by atoms with Gasteiger partial charge in [-0.2, -0.15) is 0 Å². The fraction of sp³-hybridized carbons (Fsp3) is 0. The van der Waals surface area contributed by atoms with Gasteiger partial charge in [0, 0.05) is 0 Å². The molecule has 0 radical (unpaired) electrons. The molecule has 1 aromatic rings. The maximum Gasteiger partial charge on any atom is 0.338 e. The fourth-order valence-corrected chi connectivity index (χ4v) is 0.902. The van der Waals surface area contributed by atoms with E-state index in [9.17, 15) is 19.3 Å². The molecule has 74 valence electrons. The molecule has 0 aromatic heterocycles. The SMILES string of the molecule is Nc1cc(C(=O)O)c(F)cc1[N+](=O)[O-]. The van der Waals surface area contributed by atoms with Gasteiger partial charge in [0.1, 0.15) is 11.5 Å². The van der Waals surface area contributed by atoms with Gasteiger partial charge in [0.2, 0.25) is 0 Å². The van der Waals surface area contributed by atoms with Crippen LogP contribution in [0.2, 0.25) is 0 Å². The number of nitrogens with two attached hydrogens (primary N) is 1. The number of nitro groups is 1. The molecule has 0 fully saturated rings. The van der Waals surface area contributed by atoms with Crippen molar-refractivity contribution in [1.82, 2.24) is 0 Å². The van der Waals surface area contributed by atoms with Crippen LogP contribution in [-0.4, -0.2) is 16.0 Å². The maximum atomic E-state index is 12.9. The maximum absolute atomic E-state index is 12.9. The molecule has 0 aliphatic heterocycles. The first kappa shape index (κ1) is 9.90. The van der Waals surface area contributed by atoms with Gasteiger partial charge < -0.3 is 10.8 Å². The summed E-state index contributed by atoms with van der Waals surface area (Å²) in [5.41, 5.74) is 3.44. The number of halogens is 1. The molecule has 0 atom stereocenters. The lowest BCUT2D eigenvalue weighted by Crippen LogP contribution is -2.04. The van der Waals surface area contributed by atoms with Crippen LogP contribution in [0.15, 0.2) is 12.1 Å². The van der Waals surface area contributed by atoms with E-state index in [0.717, 1.165) is 6.07 Å². The fourth-order valence-electron chi connectivity index (χ4n) is 0.902. The number of nitrogens with zero attached hydrogens (tertiary/aromatic N) is 1. The lowest BCUT2D eigenvalue weighted by atomic mass is 10.1. The van der Waals surface area contributed by atoms with E-state index in [0.29, 0.717) is 6.07 Å². The van der Waals surface area contributed by atoms with E-state index in [-0.39, 0.29) is 5.69 Å². The second-order valence-corrected chi connectivity index (χ2v) is 2.45. The van der Waals surface area contributed by atoms with Gasteiger partial charge in [-0.05, 0) is 6.07 Å². The van der Waals surface area contributed by atoms with E-state index in [2.05, 4.69) is 0 Å². The predicted molar refractivity (Wildman–Crippen MR) is 44.4 cm³/mol. The first-order valence-corrected chi connectivity index (χ1v) is 3.40. The average Bonchev–Trinajstić information content (AvgIpc) is 2.07. The Balaban J connectivity index is 3.38. The molecule has 1 aromatic carbocycles. The molecule has 3 N–H and O–H groups in total. The highest BCUT2D eigenvalue weighted by Crippen LogP contribution is 2.24. The third kappa shape index (κ3) is 1.60. The summed E-state index contributed by atoms with van der Waals surface area (Å²) in [4.78, 5) is 19.8. The smallest absolute Gasteiger partial charge is 0.338 e. The highest BCUT2D eigenvalue weighted by molar-refractivity contribution is 5.90. The van der Waals surface area contributed by atoms with Crippen molar-refractivity contribution in [3.05, 3.63) is 33.6 Å². The van der Waals surface area contributed by atoms with Crippen LogP contribution in [-0.2, 0) is 0 Å². The van der Waals surface area contributed by atoms with Crippen LogP contribution in [0.25, 0.3) is 0 Å². The van der Waals surface area contributed by atoms with Gasteiger partial charge in [-0.25, -0.2) is 9.18 Å². The minimum Gasteiger partial charge on any atom is -0.478 e. The minimum absolute atomic E-state index is 0.381. The van der Waals surface area contributed by atoms with Crippen molar-refractivity contribution < 1.29 is 19.2 Å². The summed E-state index contributed by atoms with van der Waals surface area (Å²) in [5.74, 6) is -2.71. The second-order valence-electron chi connectivity index (χ2n) is 2.45. The number of nitro benzene ring substituents is 1. The van der Waals surface area contributed by atoms with Crippen LogP contribution in [0.3, 0.4) is 0 Å². The van der Waals surface area contributed by atoms with Gasteiger partial charge in [-0.15, -0.1) is 0 Å². The number of nitrogen functional groups attached to an aromatic ring is 1. The molecule has 7 heteroatoms. The lowest BCUT2D eigenvalue weighted by molar-refractivity contribution is -0.384. The van der Waals surface area contributed by atoms with Gasteiger partial charge in [-0.3, -0.25) is 10.1 Å². The molecule has 6 nitrogen and oxygen atoms in total. The van der Waals surface area contributed by atoms with Gasteiger partial charge >= 0.3 is 5.97 Å². The molecule has 0 saturated carbocycles. The lowest BCUT2D eigenvalue weighted by Gasteiger charge is -2.00. The standard InChI is InChI=1S/C7H5FN2O4/c8-4-2-6(10(13)14)5(9)1-3(4)7(11)12/h1-2H,9H2,(H,11,12). The molecule has 14 heavy (non-hydrogen) atoms. The van der Waals surface area contributed by atoms with Gasteiger partial charge in [0.25, 0.3) is 5.69 Å². The van der Waals surface area contributed by atoms with Crippen molar-refractivity contribution in [2.45, 2.75) is 0 Å². The van der Waals surface area contributed by atoms with Crippen LogP contribution in [0.5, 0.6) is 0 Å². The number of carbonyl (C=O) groups is 1. The summed E-state index contributed by atoms with van der Waals surface area (Å²) in [6, 6.07) is 1.20. The molecular weight excluding hydrogens is 195 g/mol. The normalized spacial score (nSPS) is 9.79. The second kappa shape index (κ2) is 3.29. The zero-order chi connectivity index (χ0) is 10.9. The van der Waals surface area contributed by atoms with Crippen LogP contribution in [0.4, 0.5) is 15.8 Å². The van der Waals surface area contributed by atoms with Crippen LogP contribution < -0.4 is 5.73 Å². The van der Waals surface area contributed by atoms with Crippen LogP contribution in [0.1, 0.15) is 10.4 Å². The number of carboxylic acid groups (broad SMARTS) is 1. The summed E-state index contributed by atoms with van der Waals surface area (Å²) in [7, 11) is 0. The first-order valence-electron chi connectivity index (χ1n) is 3.40. The highest BCUT2D eigenvalue weighted by atomic mass is 19.1. The average molecular weight is 200 g/mol. The Hall–Kier alpha value is -2.18. The van der Waals surface area contributed by atoms with Gasteiger partial charge in [0.15, 0.2) is 0 Å². The molecule has 1 rings (SSSR count).